The molecule has 2 atom stereocenters. The molecule has 0 saturated carbocycles. The maximum atomic E-state index is 4.30. The van der Waals surface area contributed by atoms with Gasteiger partial charge in [-0.15, -0.1) is 6.58 Å². The van der Waals surface area contributed by atoms with Crippen LogP contribution in [0.4, 0.5) is 0 Å². The van der Waals surface area contributed by atoms with Crippen molar-refractivity contribution in [2.45, 2.75) is 13.0 Å². The van der Waals surface area contributed by atoms with Gasteiger partial charge in [0.1, 0.15) is 0 Å². The van der Waals surface area contributed by atoms with E-state index in [9.17, 15) is 0 Å². The first-order chi connectivity index (χ1) is 5.25. The van der Waals surface area contributed by atoms with Crippen LogP contribution in [0.3, 0.4) is 0 Å². The van der Waals surface area contributed by atoms with E-state index in [1.807, 2.05) is 25.3 Å². The Kier molecular flexibility index (Phi) is 2.42. The van der Waals surface area contributed by atoms with Gasteiger partial charge in [0.25, 0.3) is 0 Å². The summed E-state index contributed by atoms with van der Waals surface area (Å²) >= 11 is 0. The smallest absolute Gasteiger partial charge is 0.0800 e. The predicted molar refractivity (Wildman–Crippen MR) is 49.9 cm³/mol. The highest BCUT2D eigenvalue weighted by molar-refractivity contribution is 5.73. The summed E-state index contributed by atoms with van der Waals surface area (Å²) in [6.07, 6.45) is 7.77. The van der Waals surface area contributed by atoms with Crippen molar-refractivity contribution < 1.29 is 0 Å². The van der Waals surface area contributed by atoms with E-state index in [1.54, 1.807) is 0 Å². The van der Waals surface area contributed by atoms with Gasteiger partial charge < -0.3 is 0 Å². The average Bonchev–Trinajstić information content (AvgIpc) is 2.04. The number of hydrogen-bond donors (Lipinski definition) is 0. The number of hydrogen-bond acceptors (Lipinski definition) is 1. The number of allylic oxidation sites excluding steroid dienone is 1. The standard InChI is InChI=1S/C10H13N/c1-4-9-6-5-7-11-10(9)8(2)3/h4-7,9-10H,1-2H2,3H3. The summed E-state index contributed by atoms with van der Waals surface area (Å²) in [5.74, 6) is 0.331. The first-order valence-electron chi connectivity index (χ1n) is 3.73. The van der Waals surface area contributed by atoms with Crippen LogP contribution in [0.5, 0.6) is 0 Å². The average molecular weight is 147 g/mol. The van der Waals surface area contributed by atoms with E-state index in [2.05, 4.69) is 24.2 Å². The zero-order valence-electron chi connectivity index (χ0n) is 6.83. The number of rotatable bonds is 2. The summed E-state index contributed by atoms with van der Waals surface area (Å²) in [6, 6.07) is 0.206. The molecule has 0 N–H and O–H groups in total. The molecule has 0 radical (unpaired) electrons. The Balaban J connectivity index is 2.78. The van der Waals surface area contributed by atoms with Crippen LogP contribution in [0.25, 0.3) is 0 Å². The fraction of sp³-hybridized carbons (Fsp3) is 0.300. The quantitative estimate of drug-likeness (QED) is 0.532. The highest BCUT2D eigenvalue weighted by Crippen LogP contribution is 2.19. The summed E-state index contributed by atoms with van der Waals surface area (Å²) in [6.45, 7) is 9.63. The van der Waals surface area contributed by atoms with E-state index >= 15 is 0 Å². The molecule has 0 fully saturated rings. The Morgan fingerprint density at radius 3 is 2.82 bits per heavy atom. The van der Waals surface area contributed by atoms with Gasteiger partial charge in [0.05, 0.1) is 6.04 Å². The molecule has 0 saturated heterocycles. The lowest BCUT2D eigenvalue weighted by Crippen LogP contribution is -2.18. The minimum absolute atomic E-state index is 0.206. The fourth-order valence-corrected chi connectivity index (χ4v) is 1.19. The zero-order valence-corrected chi connectivity index (χ0v) is 6.83. The minimum Gasteiger partial charge on any atom is -0.285 e. The molecule has 0 aromatic rings. The first-order valence-corrected chi connectivity index (χ1v) is 3.73. The van der Waals surface area contributed by atoms with Crippen molar-refractivity contribution in [2.24, 2.45) is 10.9 Å². The van der Waals surface area contributed by atoms with Gasteiger partial charge in [-0.1, -0.05) is 24.3 Å². The van der Waals surface area contributed by atoms with Gasteiger partial charge >= 0.3 is 0 Å². The summed E-state index contributed by atoms with van der Waals surface area (Å²) in [5.41, 5.74) is 1.09. The molecule has 0 aliphatic carbocycles. The molecule has 58 valence electrons. The summed E-state index contributed by atoms with van der Waals surface area (Å²) in [5, 5.41) is 0. The Morgan fingerprint density at radius 2 is 2.36 bits per heavy atom. The van der Waals surface area contributed by atoms with Gasteiger partial charge in [-0.05, 0) is 13.0 Å². The topological polar surface area (TPSA) is 12.4 Å². The Bertz CT molecular complexity index is 223. The lowest BCUT2D eigenvalue weighted by atomic mass is 9.93. The Labute approximate surface area is 67.8 Å². The molecular formula is C10H13N. The van der Waals surface area contributed by atoms with Crippen LogP contribution in [0, 0.1) is 5.92 Å². The van der Waals surface area contributed by atoms with Crippen LogP contribution in [0.2, 0.25) is 0 Å². The number of nitrogens with zero attached hydrogens (tertiary/aromatic N) is 1. The molecule has 11 heavy (non-hydrogen) atoms. The third kappa shape index (κ3) is 1.67. The van der Waals surface area contributed by atoms with E-state index in [-0.39, 0.29) is 6.04 Å². The highest BCUT2D eigenvalue weighted by atomic mass is 14.8. The summed E-state index contributed by atoms with van der Waals surface area (Å²) in [7, 11) is 0. The van der Waals surface area contributed by atoms with Crippen LogP contribution in [-0.2, 0) is 0 Å². The molecule has 0 spiro atoms. The van der Waals surface area contributed by atoms with Crippen LogP contribution in [-0.4, -0.2) is 12.3 Å². The number of aliphatic imine (C=N–C) groups is 1. The van der Waals surface area contributed by atoms with Crippen molar-refractivity contribution in [1.82, 2.24) is 0 Å². The van der Waals surface area contributed by atoms with Crippen molar-refractivity contribution >= 4 is 6.21 Å². The highest BCUT2D eigenvalue weighted by Gasteiger charge is 2.16. The van der Waals surface area contributed by atoms with Crippen LogP contribution in [0.1, 0.15) is 6.92 Å². The monoisotopic (exact) mass is 147 g/mol. The Hall–Kier alpha value is -1.11. The summed E-state index contributed by atoms with van der Waals surface area (Å²) < 4.78 is 0. The van der Waals surface area contributed by atoms with Crippen LogP contribution >= 0.6 is 0 Å². The van der Waals surface area contributed by atoms with Gasteiger partial charge in [-0.3, -0.25) is 4.99 Å². The predicted octanol–water partition coefficient (Wildman–Crippen LogP) is 2.37. The maximum absolute atomic E-state index is 4.30. The van der Waals surface area contributed by atoms with Crippen molar-refractivity contribution in [1.29, 1.82) is 0 Å². The molecule has 0 aromatic heterocycles. The first kappa shape index (κ1) is 7.99. The van der Waals surface area contributed by atoms with Crippen molar-refractivity contribution in [3.8, 4) is 0 Å². The van der Waals surface area contributed by atoms with Crippen molar-refractivity contribution in [3.63, 3.8) is 0 Å². The Morgan fingerprint density at radius 1 is 1.64 bits per heavy atom. The molecular weight excluding hydrogens is 134 g/mol. The third-order valence-corrected chi connectivity index (χ3v) is 1.81. The molecule has 1 aliphatic heterocycles. The van der Waals surface area contributed by atoms with Gasteiger partial charge in [0, 0.05) is 12.1 Å². The van der Waals surface area contributed by atoms with E-state index < -0.39 is 0 Å². The number of dihydropyridines is 1. The lowest BCUT2D eigenvalue weighted by molar-refractivity contribution is 0.660. The normalized spacial score (nSPS) is 28.5. The minimum atomic E-state index is 0.206. The second-order valence-electron chi connectivity index (χ2n) is 2.79. The van der Waals surface area contributed by atoms with Gasteiger partial charge in [0.15, 0.2) is 0 Å². The molecule has 2 unspecified atom stereocenters. The molecule has 1 heteroatoms. The second kappa shape index (κ2) is 3.33. The van der Waals surface area contributed by atoms with Crippen LogP contribution in [0.15, 0.2) is 42.0 Å². The second-order valence-corrected chi connectivity index (χ2v) is 2.79. The van der Waals surface area contributed by atoms with Crippen LogP contribution < -0.4 is 0 Å². The zero-order chi connectivity index (χ0) is 8.27. The molecule has 1 rings (SSSR count). The lowest BCUT2D eigenvalue weighted by Gasteiger charge is -2.20. The third-order valence-electron chi connectivity index (χ3n) is 1.81. The van der Waals surface area contributed by atoms with Gasteiger partial charge in [0.2, 0.25) is 0 Å². The molecule has 0 aromatic carbocycles. The van der Waals surface area contributed by atoms with E-state index in [0.29, 0.717) is 5.92 Å². The maximum Gasteiger partial charge on any atom is 0.0800 e. The van der Waals surface area contributed by atoms with E-state index in [0.717, 1.165) is 5.57 Å². The molecule has 1 nitrogen and oxygen atoms in total. The fourth-order valence-electron chi connectivity index (χ4n) is 1.19. The molecule has 0 bridgehead atoms. The molecule has 1 heterocycles. The van der Waals surface area contributed by atoms with Gasteiger partial charge in [-0.25, -0.2) is 0 Å². The van der Waals surface area contributed by atoms with E-state index in [4.69, 9.17) is 0 Å². The van der Waals surface area contributed by atoms with Crippen molar-refractivity contribution in [3.05, 3.63) is 37.0 Å². The molecule has 1 aliphatic rings. The largest absolute Gasteiger partial charge is 0.285 e. The van der Waals surface area contributed by atoms with E-state index in [1.165, 1.54) is 0 Å². The van der Waals surface area contributed by atoms with Gasteiger partial charge in [-0.2, -0.15) is 0 Å². The SMILES string of the molecule is C=CC1C=CC=NC1C(=C)C. The van der Waals surface area contributed by atoms with Crippen molar-refractivity contribution in [2.75, 3.05) is 0 Å². The summed E-state index contributed by atoms with van der Waals surface area (Å²) in [4.78, 5) is 4.30. The molecule has 0 amide bonds.